The SMILES string of the molecule is CC(C)(C)OC(=O)c1ccc(Oc2ccccc2)cc1NC(=O)c1cccc(Br)c1. The molecule has 1 N–H and O–H groups in total. The van der Waals surface area contributed by atoms with E-state index in [1.54, 1.807) is 57.2 Å². The number of anilines is 1. The van der Waals surface area contributed by atoms with Crippen molar-refractivity contribution >= 4 is 33.5 Å². The molecule has 0 spiro atoms. The third kappa shape index (κ3) is 5.94. The topological polar surface area (TPSA) is 64.6 Å². The standard InChI is InChI=1S/C24H22BrNO4/c1-24(2,3)30-23(28)20-13-12-19(29-18-10-5-4-6-11-18)15-21(20)26-22(27)16-8-7-9-17(25)14-16/h4-15H,1-3H3,(H,26,27). The van der Waals surface area contributed by atoms with Crippen molar-refractivity contribution < 1.29 is 19.1 Å². The van der Waals surface area contributed by atoms with E-state index in [1.165, 1.54) is 0 Å². The Hall–Kier alpha value is -3.12. The molecule has 0 saturated heterocycles. The number of ether oxygens (including phenoxy) is 2. The maximum atomic E-state index is 12.8. The zero-order chi connectivity index (χ0) is 21.7. The van der Waals surface area contributed by atoms with Crippen molar-refractivity contribution in [2.75, 3.05) is 5.32 Å². The zero-order valence-electron chi connectivity index (χ0n) is 16.9. The number of rotatable bonds is 5. The monoisotopic (exact) mass is 467 g/mol. The minimum Gasteiger partial charge on any atom is -0.457 e. The summed E-state index contributed by atoms with van der Waals surface area (Å²) < 4.78 is 12.1. The maximum absolute atomic E-state index is 12.8. The summed E-state index contributed by atoms with van der Waals surface area (Å²) in [5.74, 6) is 0.251. The van der Waals surface area contributed by atoms with Crippen molar-refractivity contribution in [3.63, 3.8) is 0 Å². The number of carbonyl (C=O) groups is 2. The molecule has 5 nitrogen and oxygen atoms in total. The highest BCUT2D eigenvalue weighted by Gasteiger charge is 2.22. The molecule has 0 aliphatic carbocycles. The summed E-state index contributed by atoms with van der Waals surface area (Å²) in [7, 11) is 0. The summed E-state index contributed by atoms with van der Waals surface area (Å²) >= 11 is 3.36. The van der Waals surface area contributed by atoms with E-state index in [1.807, 2.05) is 36.4 Å². The Morgan fingerprint density at radius 2 is 1.60 bits per heavy atom. The third-order valence-corrected chi connectivity index (χ3v) is 4.42. The molecule has 3 aromatic carbocycles. The second kappa shape index (κ2) is 9.13. The summed E-state index contributed by atoms with van der Waals surface area (Å²) in [5.41, 5.74) is 0.340. The number of nitrogens with one attached hydrogen (secondary N) is 1. The number of hydrogen-bond acceptors (Lipinski definition) is 4. The Morgan fingerprint density at radius 1 is 0.867 bits per heavy atom. The van der Waals surface area contributed by atoms with Crippen molar-refractivity contribution in [1.82, 2.24) is 0 Å². The predicted octanol–water partition coefficient (Wildman–Crippen LogP) is 6.45. The summed E-state index contributed by atoms with van der Waals surface area (Å²) in [5, 5.41) is 2.81. The van der Waals surface area contributed by atoms with E-state index in [0.717, 1.165) is 4.47 Å². The van der Waals surface area contributed by atoms with E-state index in [-0.39, 0.29) is 11.5 Å². The molecule has 1 amide bonds. The Bertz CT molecular complexity index is 1060. The number of halogens is 1. The van der Waals surface area contributed by atoms with E-state index in [0.29, 0.717) is 22.7 Å². The highest BCUT2D eigenvalue weighted by atomic mass is 79.9. The highest BCUT2D eigenvalue weighted by Crippen LogP contribution is 2.29. The van der Waals surface area contributed by atoms with Crippen molar-refractivity contribution in [1.29, 1.82) is 0 Å². The van der Waals surface area contributed by atoms with Crippen molar-refractivity contribution in [3.05, 3.63) is 88.4 Å². The number of hydrogen-bond donors (Lipinski definition) is 1. The van der Waals surface area contributed by atoms with Crippen LogP contribution in [0.25, 0.3) is 0 Å². The molecular formula is C24H22BrNO4. The van der Waals surface area contributed by atoms with E-state index < -0.39 is 11.6 Å². The van der Waals surface area contributed by atoms with Crippen LogP contribution >= 0.6 is 15.9 Å². The summed E-state index contributed by atoms with van der Waals surface area (Å²) in [6, 6.07) is 21.1. The first-order chi connectivity index (χ1) is 14.2. The van der Waals surface area contributed by atoms with Crippen LogP contribution in [0.1, 0.15) is 41.5 Å². The van der Waals surface area contributed by atoms with Gasteiger partial charge >= 0.3 is 5.97 Å². The third-order valence-electron chi connectivity index (χ3n) is 3.92. The van der Waals surface area contributed by atoms with E-state index >= 15 is 0 Å². The van der Waals surface area contributed by atoms with Gasteiger partial charge < -0.3 is 14.8 Å². The average Bonchev–Trinajstić information content (AvgIpc) is 2.67. The minimum absolute atomic E-state index is 0.244. The van der Waals surface area contributed by atoms with Gasteiger partial charge in [-0.05, 0) is 63.2 Å². The van der Waals surface area contributed by atoms with Crippen molar-refractivity contribution in [2.24, 2.45) is 0 Å². The number of amides is 1. The van der Waals surface area contributed by atoms with Crippen LogP contribution in [0.3, 0.4) is 0 Å². The molecule has 0 atom stereocenters. The van der Waals surface area contributed by atoms with Crippen LogP contribution in [-0.2, 0) is 4.74 Å². The van der Waals surface area contributed by atoms with Crippen LogP contribution < -0.4 is 10.1 Å². The first-order valence-corrected chi connectivity index (χ1v) is 10.2. The lowest BCUT2D eigenvalue weighted by Gasteiger charge is -2.21. The van der Waals surface area contributed by atoms with Gasteiger partial charge in [0.15, 0.2) is 0 Å². The Kier molecular flexibility index (Phi) is 6.57. The highest BCUT2D eigenvalue weighted by molar-refractivity contribution is 9.10. The lowest BCUT2D eigenvalue weighted by atomic mass is 10.1. The van der Waals surface area contributed by atoms with Gasteiger partial charge in [-0.3, -0.25) is 4.79 Å². The summed E-state index contributed by atoms with van der Waals surface area (Å²) in [6.45, 7) is 5.37. The lowest BCUT2D eigenvalue weighted by Crippen LogP contribution is -2.25. The maximum Gasteiger partial charge on any atom is 0.340 e. The molecule has 30 heavy (non-hydrogen) atoms. The van der Waals surface area contributed by atoms with Crippen LogP contribution in [0.4, 0.5) is 5.69 Å². The number of benzene rings is 3. The number of para-hydroxylation sites is 1. The van der Waals surface area contributed by atoms with Crippen LogP contribution in [0.2, 0.25) is 0 Å². The van der Waals surface area contributed by atoms with Gasteiger partial charge in [-0.2, -0.15) is 0 Å². The van der Waals surface area contributed by atoms with Gasteiger partial charge in [-0.1, -0.05) is 40.2 Å². The number of esters is 1. The first kappa shape index (κ1) is 21.6. The summed E-state index contributed by atoms with van der Waals surface area (Å²) in [6.07, 6.45) is 0. The molecule has 6 heteroatoms. The lowest BCUT2D eigenvalue weighted by molar-refractivity contribution is 0.00708. The van der Waals surface area contributed by atoms with Crippen molar-refractivity contribution in [3.8, 4) is 11.5 Å². The van der Waals surface area contributed by atoms with E-state index in [2.05, 4.69) is 21.2 Å². The molecule has 0 radical (unpaired) electrons. The molecule has 0 aliphatic rings. The van der Waals surface area contributed by atoms with Crippen LogP contribution in [0, 0.1) is 0 Å². The van der Waals surface area contributed by atoms with Gasteiger partial charge in [-0.25, -0.2) is 4.79 Å². The molecule has 0 unspecified atom stereocenters. The fourth-order valence-electron chi connectivity index (χ4n) is 2.65. The normalized spacial score (nSPS) is 10.9. The van der Waals surface area contributed by atoms with E-state index in [9.17, 15) is 9.59 Å². The van der Waals surface area contributed by atoms with Crippen LogP contribution in [0.15, 0.2) is 77.3 Å². The van der Waals surface area contributed by atoms with Gasteiger partial charge in [-0.15, -0.1) is 0 Å². The van der Waals surface area contributed by atoms with Crippen molar-refractivity contribution in [2.45, 2.75) is 26.4 Å². The first-order valence-electron chi connectivity index (χ1n) is 9.38. The Balaban J connectivity index is 1.93. The zero-order valence-corrected chi connectivity index (χ0v) is 18.5. The number of carbonyl (C=O) groups excluding carboxylic acids is 2. The minimum atomic E-state index is -0.665. The second-order valence-corrected chi connectivity index (χ2v) is 8.50. The van der Waals surface area contributed by atoms with Gasteiger partial charge in [0, 0.05) is 16.1 Å². The van der Waals surface area contributed by atoms with Gasteiger partial charge in [0.1, 0.15) is 17.1 Å². The predicted molar refractivity (Wildman–Crippen MR) is 120 cm³/mol. The molecule has 3 rings (SSSR count). The smallest absolute Gasteiger partial charge is 0.340 e. The molecule has 0 saturated carbocycles. The molecular weight excluding hydrogens is 446 g/mol. The second-order valence-electron chi connectivity index (χ2n) is 7.59. The molecule has 154 valence electrons. The average molecular weight is 468 g/mol. The molecule has 0 aliphatic heterocycles. The fraction of sp³-hybridized carbons (Fsp3) is 0.167. The van der Waals surface area contributed by atoms with E-state index in [4.69, 9.17) is 9.47 Å². The van der Waals surface area contributed by atoms with Crippen LogP contribution in [0.5, 0.6) is 11.5 Å². The van der Waals surface area contributed by atoms with Gasteiger partial charge in [0.2, 0.25) is 0 Å². The van der Waals surface area contributed by atoms with Gasteiger partial charge in [0.05, 0.1) is 11.3 Å². The van der Waals surface area contributed by atoms with Gasteiger partial charge in [0.25, 0.3) is 5.91 Å². The largest absolute Gasteiger partial charge is 0.457 e. The Labute approximate surface area is 184 Å². The molecule has 3 aromatic rings. The van der Waals surface area contributed by atoms with Crippen LogP contribution in [-0.4, -0.2) is 17.5 Å². The fourth-order valence-corrected chi connectivity index (χ4v) is 3.05. The molecule has 0 aromatic heterocycles. The molecule has 0 heterocycles. The summed E-state index contributed by atoms with van der Waals surface area (Å²) in [4.78, 5) is 25.5. The quantitative estimate of drug-likeness (QED) is 0.437. The Morgan fingerprint density at radius 3 is 2.27 bits per heavy atom. The molecule has 0 bridgehead atoms. The molecule has 0 fully saturated rings.